The molecule has 0 atom stereocenters. The van der Waals surface area contributed by atoms with Gasteiger partial charge in [0.15, 0.2) is 6.61 Å². The van der Waals surface area contributed by atoms with E-state index in [9.17, 15) is 9.18 Å². The van der Waals surface area contributed by atoms with E-state index >= 15 is 0 Å². The van der Waals surface area contributed by atoms with Gasteiger partial charge in [0, 0.05) is 6.07 Å². The lowest BCUT2D eigenvalue weighted by Gasteiger charge is -2.10. The second-order valence-corrected chi connectivity index (χ2v) is 6.68. The minimum Gasteiger partial charge on any atom is -0.484 e. The summed E-state index contributed by atoms with van der Waals surface area (Å²) in [5.41, 5.74) is 4.08. The molecular weight excluding hydrogens is 345 g/mol. The van der Waals surface area contributed by atoms with Gasteiger partial charge in [-0.1, -0.05) is 6.07 Å². The number of hydrogen-bond donors (Lipinski definition) is 1. The molecule has 1 aliphatic rings. The van der Waals surface area contributed by atoms with Crippen molar-refractivity contribution in [3.05, 3.63) is 71.2 Å². The minimum absolute atomic E-state index is 0.0908. The molecule has 0 saturated carbocycles. The highest BCUT2D eigenvalue weighted by Crippen LogP contribution is 2.26. The van der Waals surface area contributed by atoms with Crippen LogP contribution < -0.4 is 10.1 Å². The van der Waals surface area contributed by atoms with Gasteiger partial charge in [-0.25, -0.2) is 9.07 Å². The molecule has 1 heterocycles. The van der Waals surface area contributed by atoms with E-state index in [-0.39, 0.29) is 18.3 Å². The number of fused-ring (bicyclic) bond motifs is 1. The molecular formula is C21H20FN3O2. The minimum atomic E-state index is -0.323. The molecule has 0 fully saturated rings. The number of aromatic nitrogens is 2. The monoisotopic (exact) mass is 365 g/mol. The van der Waals surface area contributed by atoms with Crippen LogP contribution in [0.1, 0.15) is 23.2 Å². The molecule has 4 rings (SSSR count). The Hall–Kier alpha value is -3.15. The van der Waals surface area contributed by atoms with Crippen LogP contribution in [0.2, 0.25) is 0 Å². The highest BCUT2D eigenvalue weighted by atomic mass is 19.1. The van der Waals surface area contributed by atoms with Crippen LogP contribution in [0.25, 0.3) is 5.69 Å². The number of nitrogens with zero attached hydrogens (tertiary/aromatic N) is 2. The molecule has 3 aromatic rings. The predicted octanol–water partition coefficient (Wildman–Crippen LogP) is 3.83. The van der Waals surface area contributed by atoms with Crippen molar-refractivity contribution in [2.24, 2.45) is 0 Å². The fraction of sp³-hybridized carbons (Fsp3) is 0.238. The van der Waals surface area contributed by atoms with Crippen molar-refractivity contribution in [2.45, 2.75) is 26.2 Å². The second-order valence-electron chi connectivity index (χ2n) is 6.68. The Morgan fingerprint density at radius 3 is 2.74 bits per heavy atom. The number of halogens is 1. The number of benzene rings is 2. The first kappa shape index (κ1) is 17.3. The lowest BCUT2D eigenvalue weighted by Crippen LogP contribution is -2.22. The van der Waals surface area contributed by atoms with Crippen LogP contribution in [-0.4, -0.2) is 22.3 Å². The summed E-state index contributed by atoms with van der Waals surface area (Å²) >= 11 is 0. The van der Waals surface area contributed by atoms with Crippen molar-refractivity contribution in [1.29, 1.82) is 0 Å². The predicted molar refractivity (Wildman–Crippen MR) is 101 cm³/mol. The summed E-state index contributed by atoms with van der Waals surface area (Å²) in [6.45, 7) is 1.74. The number of carbonyl (C=O) groups excluding carboxylic acids is 1. The van der Waals surface area contributed by atoms with Gasteiger partial charge in [-0.3, -0.25) is 4.79 Å². The van der Waals surface area contributed by atoms with Gasteiger partial charge in [-0.2, -0.15) is 5.10 Å². The van der Waals surface area contributed by atoms with Gasteiger partial charge < -0.3 is 10.1 Å². The molecule has 6 heteroatoms. The lowest BCUT2D eigenvalue weighted by atomic mass is 10.1. The first-order valence-corrected chi connectivity index (χ1v) is 8.95. The molecule has 0 bridgehead atoms. The van der Waals surface area contributed by atoms with E-state index < -0.39 is 0 Å². The average molecular weight is 365 g/mol. The van der Waals surface area contributed by atoms with Gasteiger partial charge in [0.1, 0.15) is 17.4 Å². The standard InChI is InChI=1S/C21H20FN3O2/c1-14-11-20(25(24-14)18-8-6-17(22)7-9-18)23-21(26)13-27-19-10-5-15-3-2-4-16(15)12-19/h5-12H,2-4,13H2,1H3,(H,23,26). The normalized spacial score (nSPS) is 12.7. The van der Waals surface area contributed by atoms with Crippen molar-refractivity contribution >= 4 is 11.7 Å². The molecule has 5 nitrogen and oxygen atoms in total. The summed E-state index contributed by atoms with van der Waals surface area (Å²) in [6, 6.07) is 13.7. The Bertz CT molecular complexity index is 980. The lowest BCUT2D eigenvalue weighted by molar-refractivity contribution is -0.118. The van der Waals surface area contributed by atoms with Crippen molar-refractivity contribution in [2.75, 3.05) is 11.9 Å². The molecule has 0 radical (unpaired) electrons. The highest BCUT2D eigenvalue weighted by Gasteiger charge is 2.14. The Labute approximate surface area is 156 Å². The fourth-order valence-electron chi connectivity index (χ4n) is 3.33. The molecule has 0 spiro atoms. The van der Waals surface area contributed by atoms with Crippen LogP contribution >= 0.6 is 0 Å². The van der Waals surface area contributed by atoms with Crippen molar-refractivity contribution in [3.8, 4) is 11.4 Å². The van der Waals surface area contributed by atoms with E-state index in [1.54, 1.807) is 22.9 Å². The SMILES string of the molecule is Cc1cc(NC(=O)COc2ccc3c(c2)CCC3)n(-c2ccc(F)cc2)n1. The average Bonchev–Trinajstić information content (AvgIpc) is 3.26. The number of amides is 1. The Kier molecular flexibility index (Phi) is 4.62. The second kappa shape index (κ2) is 7.23. The molecule has 1 aliphatic carbocycles. The molecule has 27 heavy (non-hydrogen) atoms. The molecule has 138 valence electrons. The van der Waals surface area contributed by atoms with Crippen LogP contribution in [0.15, 0.2) is 48.5 Å². The third-order valence-electron chi connectivity index (χ3n) is 4.61. The molecule has 1 amide bonds. The number of hydrogen-bond acceptors (Lipinski definition) is 3. The van der Waals surface area contributed by atoms with Crippen LogP contribution in [-0.2, 0) is 17.6 Å². The van der Waals surface area contributed by atoms with E-state index in [1.807, 2.05) is 19.1 Å². The number of nitrogens with one attached hydrogen (secondary N) is 1. The third kappa shape index (κ3) is 3.84. The van der Waals surface area contributed by atoms with Gasteiger partial charge >= 0.3 is 0 Å². The van der Waals surface area contributed by atoms with Gasteiger partial charge in [0.25, 0.3) is 5.91 Å². The maximum atomic E-state index is 13.1. The van der Waals surface area contributed by atoms with E-state index in [0.717, 1.165) is 18.5 Å². The Morgan fingerprint density at radius 1 is 1.15 bits per heavy atom. The van der Waals surface area contributed by atoms with Crippen molar-refractivity contribution in [1.82, 2.24) is 9.78 Å². The zero-order valence-electron chi connectivity index (χ0n) is 15.0. The van der Waals surface area contributed by atoms with Crippen LogP contribution in [0.5, 0.6) is 5.75 Å². The maximum absolute atomic E-state index is 13.1. The Balaban J connectivity index is 1.43. The Morgan fingerprint density at radius 2 is 1.93 bits per heavy atom. The fourth-order valence-corrected chi connectivity index (χ4v) is 3.33. The molecule has 1 aromatic heterocycles. The van der Waals surface area contributed by atoms with Gasteiger partial charge in [-0.05, 0) is 73.7 Å². The number of ether oxygens (including phenoxy) is 1. The summed E-state index contributed by atoms with van der Waals surface area (Å²) in [5.74, 6) is 0.616. The highest BCUT2D eigenvalue weighted by molar-refractivity contribution is 5.91. The van der Waals surface area contributed by atoms with Crippen LogP contribution in [0.3, 0.4) is 0 Å². The summed E-state index contributed by atoms with van der Waals surface area (Å²) < 4.78 is 20.4. The zero-order chi connectivity index (χ0) is 18.8. The molecule has 1 N–H and O–H groups in total. The summed E-state index contributed by atoms with van der Waals surface area (Å²) in [4.78, 5) is 12.3. The van der Waals surface area contributed by atoms with Crippen molar-refractivity contribution in [3.63, 3.8) is 0 Å². The number of carbonyl (C=O) groups is 1. The largest absolute Gasteiger partial charge is 0.484 e. The van der Waals surface area contributed by atoms with Gasteiger partial charge in [0.05, 0.1) is 11.4 Å². The first-order chi connectivity index (χ1) is 13.1. The smallest absolute Gasteiger partial charge is 0.263 e. The quantitative estimate of drug-likeness (QED) is 0.748. The zero-order valence-corrected chi connectivity index (χ0v) is 15.0. The first-order valence-electron chi connectivity index (χ1n) is 8.95. The van der Waals surface area contributed by atoms with E-state index in [2.05, 4.69) is 16.5 Å². The molecule has 0 aliphatic heterocycles. The number of aryl methyl sites for hydroxylation is 3. The van der Waals surface area contributed by atoms with E-state index in [0.29, 0.717) is 17.3 Å². The van der Waals surface area contributed by atoms with Gasteiger partial charge in [0.2, 0.25) is 0 Å². The summed E-state index contributed by atoms with van der Waals surface area (Å²) in [5, 5.41) is 7.17. The third-order valence-corrected chi connectivity index (χ3v) is 4.61. The van der Waals surface area contributed by atoms with Crippen LogP contribution in [0, 0.1) is 12.7 Å². The number of anilines is 1. The summed E-state index contributed by atoms with van der Waals surface area (Å²) in [7, 11) is 0. The van der Waals surface area contributed by atoms with Crippen LogP contribution in [0.4, 0.5) is 10.2 Å². The number of rotatable bonds is 5. The van der Waals surface area contributed by atoms with E-state index in [1.165, 1.54) is 29.7 Å². The van der Waals surface area contributed by atoms with Crippen molar-refractivity contribution < 1.29 is 13.9 Å². The summed E-state index contributed by atoms with van der Waals surface area (Å²) in [6.07, 6.45) is 3.35. The molecule has 0 unspecified atom stereocenters. The van der Waals surface area contributed by atoms with Gasteiger partial charge in [-0.15, -0.1) is 0 Å². The molecule has 0 saturated heterocycles. The molecule has 2 aromatic carbocycles. The van der Waals surface area contributed by atoms with E-state index in [4.69, 9.17) is 4.74 Å². The topological polar surface area (TPSA) is 56.1 Å². The maximum Gasteiger partial charge on any atom is 0.263 e.